The number of benzene rings is 1. The van der Waals surface area contributed by atoms with Crippen molar-refractivity contribution in [1.29, 1.82) is 0 Å². The van der Waals surface area contributed by atoms with Crippen LogP contribution in [0.4, 0.5) is 0 Å². The average molecular weight is 257 g/mol. The summed E-state index contributed by atoms with van der Waals surface area (Å²) >= 11 is 3.33. The van der Waals surface area contributed by atoms with Gasteiger partial charge in [-0.25, -0.2) is 0 Å². The molecule has 76 valence electrons. The van der Waals surface area contributed by atoms with Crippen LogP contribution in [0.15, 0.2) is 16.6 Å². The van der Waals surface area contributed by atoms with Crippen molar-refractivity contribution in [2.45, 2.75) is 31.8 Å². The lowest BCUT2D eigenvalue weighted by Gasteiger charge is -2.11. The number of hydrogen-bond donors (Lipinski definition) is 2. The molecule has 2 rings (SSSR count). The van der Waals surface area contributed by atoms with Gasteiger partial charge in [0.15, 0.2) is 0 Å². The second-order valence-electron chi connectivity index (χ2n) is 4.11. The van der Waals surface area contributed by atoms with Gasteiger partial charge in [-0.3, -0.25) is 0 Å². The Bertz CT molecular complexity index is 370. The van der Waals surface area contributed by atoms with E-state index in [9.17, 15) is 10.2 Å². The zero-order valence-electron chi connectivity index (χ0n) is 8.05. The fraction of sp³-hybridized carbons (Fsp3) is 0.455. The van der Waals surface area contributed by atoms with Gasteiger partial charge in [-0.05, 0) is 46.8 Å². The van der Waals surface area contributed by atoms with E-state index in [0.717, 1.165) is 28.4 Å². The highest BCUT2D eigenvalue weighted by Gasteiger charge is 2.40. The van der Waals surface area contributed by atoms with Gasteiger partial charge in [-0.1, -0.05) is 12.1 Å². The predicted molar refractivity (Wildman–Crippen MR) is 58.4 cm³/mol. The largest absolute Gasteiger partial charge is 0.506 e. The molecular formula is C11H13BrO2. The molecule has 0 atom stereocenters. The Morgan fingerprint density at radius 3 is 2.64 bits per heavy atom. The molecule has 1 aliphatic rings. The fourth-order valence-corrected chi connectivity index (χ4v) is 1.91. The topological polar surface area (TPSA) is 40.5 Å². The molecule has 1 saturated carbocycles. The number of aryl methyl sites for hydroxylation is 1. The first-order chi connectivity index (χ1) is 6.52. The van der Waals surface area contributed by atoms with Gasteiger partial charge in [-0.15, -0.1) is 0 Å². The molecular weight excluding hydrogens is 244 g/mol. The summed E-state index contributed by atoms with van der Waals surface area (Å²) in [5.41, 5.74) is 1.28. The van der Waals surface area contributed by atoms with E-state index in [2.05, 4.69) is 15.9 Å². The maximum absolute atomic E-state index is 9.81. The van der Waals surface area contributed by atoms with Crippen molar-refractivity contribution in [3.63, 3.8) is 0 Å². The van der Waals surface area contributed by atoms with Gasteiger partial charge < -0.3 is 10.2 Å². The van der Waals surface area contributed by atoms with Crippen molar-refractivity contribution in [1.82, 2.24) is 0 Å². The van der Waals surface area contributed by atoms with E-state index in [1.807, 2.05) is 19.1 Å². The molecule has 0 radical (unpaired) electrons. The first-order valence-corrected chi connectivity index (χ1v) is 5.50. The summed E-state index contributed by atoms with van der Waals surface area (Å²) < 4.78 is 0.735. The first kappa shape index (κ1) is 9.99. The van der Waals surface area contributed by atoms with E-state index >= 15 is 0 Å². The van der Waals surface area contributed by atoms with Gasteiger partial charge in [0.1, 0.15) is 5.75 Å². The number of phenols is 1. The molecule has 0 spiro atoms. The van der Waals surface area contributed by atoms with Crippen LogP contribution in [0.5, 0.6) is 5.75 Å². The summed E-state index contributed by atoms with van der Waals surface area (Å²) in [5, 5.41) is 19.6. The molecule has 1 aliphatic carbocycles. The molecule has 0 heterocycles. The minimum atomic E-state index is -0.549. The Hall–Kier alpha value is -0.540. The first-order valence-electron chi connectivity index (χ1n) is 4.71. The number of hydrogen-bond acceptors (Lipinski definition) is 2. The maximum atomic E-state index is 9.81. The molecule has 14 heavy (non-hydrogen) atoms. The van der Waals surface area contributed by atoms with E-state index in [1.165, 1.54) is 0 Å². The van der Waals surface area contributed by atoms with E-state index in [1.54, 1.807) is 0 Å². The Kier molecular flexibility index (Phi) is 2.32. The minimum Gasteiger partial charge on any atom is -0.506 e. The Morgan fingerprint density at radius 2 is 2.07 bits per heavy atom. The molecule has 2 nitrogen and oxygen atoms in total. The molecule has 2 N–H and O–H groups in total. The van der Waals surface area contributed by atoms with Crippen LogP contribution in [0.3, 0.4) is 0 Å². The smallest absolute Gasteiger partial charge is 0.133 e. The lowest BCUT2D eigenvalue weighted by atomic mass is 10.0. The summed E-state index contributed by atoms with van der Waals surface area (Å²) in [6.45, 7) is 1.93. The molecule has 0 saturated heterocycles. The summed E-state index contributed by atoms with van der Waals surface area (Å²) in [5.74, 6) is 0.269. The standard InChI is InChI=1S/C11H13BrO2/c1-7-2-3-8(10(13)9(7)12)6-11(14)4-5-11/h2-3,13-14H,4-6H2,1H3. The Morgan fingerprint density at radius 1 is 1.43 bits per heavy atom. The van der Waals surface area contributed by atoms with Crippen LogP contribution in [-0.4, -0.2) is 15.8 Å². The van der Waals surface area contributed by atoms with Crippen molar-refractivity contribution >= 4 is 15.9 Å². The van der Waals surface area contributed by atoms with Gasteiger partial charge in [0.2, 0.25) is 0 Å². The highest BCUT2D eigenvalue weighted by atomic mass is 79.9. The average Bonchev–Trinajstić information content (AvgIpc) is 2.86. The molecule has 0 aromatic heterocycles. The highest BCUT2D eigenvalue weighted by molar-refractivity contribution is 9.10. The molecule has 3 heteroatoms. The van der Waals surface area contributed by atoms with Crippen LogP contribution < -0.4 is 0 Å². The summed E-state index contributed by atoms with van der Waals surface area (Å²) in [6, 6.07) is 3.83. The SMILES string of the molecule is Cc1ccc(CC2(O)CC2)c(O)c1Br. The van der Waals surface area contributed by atoms with Crippen molar-refractivity contribution in [2.75, 3.05) is 0 Å². The van der Waals surface area contributed by atoms with Crippen LogP contribution in [0, 0.1) is 6.92 Å². The minimum absolute atomic E-state index is 0.269. The summed E-state index contributed by atoms with van der Waals surface area (Å²) in [7, 11) is 0. The van der Waals surface area contributed by atoms with E-state index < -0.39 is 5.60 Å². The zero-order chi connectivity index (χ0) is 10.3. The monoisotopic (exact) mass is 256 g/mol. The molecule has 0 aliphatic heterocycles. The quantitative estimate of drug-likeness (QED) is 0.854. The number of halogens is 1. The predicted octanol–water partition coefficient (Wildman–Crippen LogP) is 2.53. The van der Waals surface area contributed by atoms with Crippen molar-refractivity contribution < 1.29 is 10.2 Å². The summed E-state index contributed by atoms with van der Waals surface area (Å²) in [4.78, 5) is 0. The number of aliphatic hydroxyl groups is 1. The van der Waals surface area contributed by atoms with Crippen molar-refractivity contribution in [3.8, 4) is 5.75 Å². The van der Waals surface area contributed by atoms with Crippen LogP contribution in [0.25, 0.3) is 0 Å². The molecule has 0 bridgehead atoms. The normalized spacial score (nSPS) is 18.2. The zero-order valence-corrected chi connectivity index (χ0v) is 9.63. The van der Waals surface area contributed by atoms with Crippen LogP contribution >= 0.6 is 15.9 Å². The Labute approximate surface area is 91.7 Å². The lowest BCUT2D eigenvalue weighted by Crippen LogP contribution is -2.10. The van der Waals surface area contributed by atoms with Crippen LogP contribution in [0.1, 0.15) is 24.0 Å². The molecule has 0 unspecified atom stereocenters. The van der Waals surface area contributed by atoms with Gasteiger partial charge in [-0.2, -0.15) is 0 Å². The van der Waals surface area contributed by atoms with E-state index in [4.69, 9.17) is 0 Å². The third-order valence-corrected chi connectivity index (χ3v) is 3.74. The van der Waals surface area contributed by atoms with Gasteiger partial charge in [0.05, 0.1) is 10.1 Å². The molecule has 1 aromatic carbocycles. The van der Waals surface area contributed by atoms with Gasteiger partial charge >= 0.3 is 0 Å². The second-order valence-corrected chi connectivity index (χ2v) is 4.90. The molecule has 0 amide bonds. The lowest BCUT2D eigenvalue weighted by molar-refractivity contribution is 0.150. The number of phenolic OH excluding ortho intramolecular Hbond substituents is 1. The molecule has 1 aromatic rings. The number of aromatic hydroxyl groups is 1. The third-order valence-electron chi connectivity index (χ3n) is 2.74. The Balaban J connectivity index is 2.30. The van der Waals surface area contributed by atoms with Crippen molar-refractivity contribution in [2.24, 2.45) is 0 Å². The summed E-state index contributed by atoms with van der Waals surface area (Å²) in [6.07, 6.45) is 2.24. The van der Waals surface area contributed by atoms with Gasteiger partial charge in [0, 0.05) is 6.42 Å². The number of rotatable bonds is 2. The van der Waals surface area contributed by atoms with E-state index in [-0.39, 0.29) is 5.75 Å². The molecule has 1 fully saturated rings. The highest BCUT2D eigenvalue weighted by Crippen LogP contribution is 2.41. The maximum Gasteiger partial charge on any atom is 0.133 e. The van der Waals surface area contributed by atoms with Crippen LogP contribution in [0.2, 0.25) is 0 Å². The van der Waals surface area contributed by atoms with Crippen molar-refractivity contribution in [3.05, 3.63) is 27.7 Å². The second kappa shape index (κ2) is 3.24. The third kappa shape index (κ3) is 1.79. The van der Waals surface area contributed by atoms with Crippen LogP contribution in [-0.2, 0) is 6.42 Å². The van der Waals surface area contributed by atoms with E-state index in [0.29, 0.717) is 6.42 Å². The van der Waals surface area contributed by atoms with Gasteiger partial charge in [0.25, 0.3) is 0 Å². The fourth-order valence-electron chi connectivity index (χ4n) is 1.52.